The molecule has 4 aliphatic rings. The summed E-state index contributed by atoms with van der Waals surface area (Å²) in [6.07, 6.45) is 4.42. The molecule has 1 N–H and O–H groups in total. The summed E-state index contributed by atoms with van der Waals surface area (Å²) in [7, 11) is 1.51. The fourth-order valence-electron chi connectivity index (χ4n) is 8.11. The van der Waals surface area contributed by atoms with E-state index in [9.17, 15) is 9.18 Å². The maximum Gasteiger partial charge on any atom is 0.261 e. The Morgan fingerprint density at radius 1 is 1.04 bits per heavy atom. The Kier molecular flexibility index (Phi) is 8.41. The molecule has 3 aliphatic carbocycles. The number of aryl methyl sites for hydroxylation is 2. The number of halogens is 1. The average Bonchev–Trinajstić information content (AvgIpc) is 3.09. The van der Waals surface area contributed by atoms with Crippen LogP contribution < -0.4 is 20.5 Å². The summed E-state index contributed by atoms with van der Waals surface area (Å²) < 4.78 is 21.1. The van der Waals surface area contributed by atoms with Crippen LogP contribution in [0.2, 0.25) is 0 Å². The van der Waals surface area contributed by atoms with Crippen molar-refractivity contribution in [2.45, 2.75) is 52.6 Å². The van der Waals surface area contributed by atoms with Crippen LogP contribution in [-0.4, -0.2) is 59.7 Å². The first kappa shape index (κ1) is 31.2. The molecule has 2 heterocycles. The second kappa shape index (κ2) is 12.7. The van der Waals surface area contributed by atoms with Gasteiger partial charge in [-0.3, -0.25) is 9.36 Å². The molecule has 4 fully saturated rings. The molecule has 246 valence electrons. The van der Waals surface area contributed by atoms with Gasteiger partial charge in [-0.1, -0.05) is 45.0 Å². The molecule has 2 bridgehead atoms. The number of benzene rings is 3. The van der Waals surface area contributed by atoms with Gasteiger partial charge in [0.25, 0.3) is 5.56 Å². The first-order valence-electron chi connectivity index (χ1n) is 16.9. The van der Waals surface area contributed by atoms with Crippen molar-refractivity contribution in [2.24, 2.45) is 28.2 Å². The van der Waals surface area contributed by atoms with Gasteiger partial charge in [0.05, 0.1) is 30.0 Å². The Morgan fingerprint density at radius 3 is 2.53 bits per heavy atom. The third-order valence-electron chi connectivity index (χ3n) is 11.3. The second-order valence-electron chi connectivity index (χ2n) is 14.1. The summed E-state index contributed by atoms with van der Waals surface area (Å²) in [4.78, 5) is 28.0. The van der Waals surface area contributed by atoms with Crippen molar-refractivity contribution in [2.75, 3.05) is 38.2 Å². The highest BCUT2D eigenvalue weighted by Gasteiger charge is 2.56. The Bertz CT molecular complexity index is 1830. The van der Waals surface area contributed by atoms with Crippen molar-refractivity contribution in [3.63, 3.8) is 0 Å². The minimum absolute atomic E-state index is 0.146. The van der Waals surface area contributed by atoms with E-state index in [1.54, 1.807) is 23.0 Å². The minimum Gasteiger partial charge on any atom is -0.497 e. The van der Waals surface area contributed by atoms with Gasteiger partial charge >= 0.3 is 0 Å². The summed E-state index contributed by atoms with van der Waals surface area (Å²) in [5, 5.41) is 4.45. The summed E-state index contributed by atoms with van der Waals surface area (Å²) in [6.45, 7) is 11.2. The number of fused-ring (bicyclic) bond motifs is 3. The van der Waals surface area contributed by atoms with Crippen molar-refractivity contribution in [3.8, 4) is 5.75 Å². The minimum atomic E-state index is -0.345. The molecule has 1 aromatic heterocycles. The molecule has 4 atom stereocenters. The Hall–Kier alpha value is -4.40. The first-order chi connectivity index (χ1) is 22.7. The van der Waals surface area contributed by atoms with E-state index in [2.05, 4.69) is 71.2 Å². The fraction of sp³-hybridized carbons (Fsp3) is 0.447. The summed E-state index contributed by atoms with van der Waals surface area (Å²) in [6, 6.07) is 21.4. The number of hydrogen-bond acceptors (Lipinski definition) is 5. The van der Waals surface area contributed by atoms with E-state index >= 15 is 0 Å². The van der Waals surface area contributed by atoms with Gasteiger partial charge in [0.1, 0.15) is 11.6 Å². The standard InChI is InChI=1S/C38H45FN6O2/c1-25-32-20-27(38(32,2)3)21-34(25)42-37(44-18-16-43(17-19-44)29-8-6-5-7-9-29)41-28-11-13-31-35(22-28)40-24-45(36(31)46)15-14-26-10-12-30(47-4)23-33(26)39/h5-13,22-25,27,32,34H,14-21H2,1-4H3,(H,41,42)/t25-,27-,32-,34?/m1/s1. The van der Waals surface area contributed by atoms with Gasteiger partial charge in [-0.2, -0.15) is 0 Å². The second-order valence-corrected chi connectivity index (χ2v) is 14.1. The quantitative estimate of drug-likeness (QED) is 0.191. The average molecular weight is 637 g/mol. The molecule has 3 aromatic carbocycles. The molecule has 0 radical (unpaired) electrons. The normalized spacial score (nSPS) is 23.8. The predicted molar refractivity (Wildman–Crippen MR) is 186 cm³/mol. The van der Waals surface area contributed by atoms with E-state index in [1.807, 2.05) is 18.2 Å². The highest BCUT2D eigenvalue weighted by Crippen LogP contribution is 2.61. The zero-order chi connectivity index (χ0) is 32.7. The lowest BCUT2D eigenvalue weighted by Crippen LogP contribution is -2.63. The number of nitrogens with one attached hydrogen (secondary N) is 1. The number of nitrogens with zero attached hydrogens (tertiary/aromatic N) is 5. The van der Waals surface area contributed by atoms with Crippen LogP contribution in [0.25, 0.3) is 10.9 Å². The first-order valence-corrected chi connectivity index (χ1v) is 16.9. The molecule has 3 saturated carbocycles. The molecule has 8 rings (SSSR count). The Labute approximate surface area is 276 Å². The zero-order valence-electron chi connectivity index (χ0n) is 27.8. The van der Waals surface area contributed by atoms with E-state index < -0.39 is 0 Å². The van der Waals surface area contributed by atoms with Gasteiger partial charge in [0, 0.05) is 50.5 Å². The number of rotatable bonds is 7. The number of para-hydroxylation sites is 1. The molecular weight excluding hydrogens is 591 g/mol. The number of aromatic nitrogens is 2. The van der Waals surface area contributed by atoms with Gasteiger partial charge in [-0.15, -0.1) is 0 Å². The predicted octanol–water partition coefficient (Wildman–Crippen LogP) is 6.26. The highest BCUT2D eigenvalue weighted by molar-refractivity contribution is 5.86. The van der Waals surface area contributed by atoms with Crippen LogP contribution in [0.3, 0.4) is 0 Å². The van der Waals surface area contributed by atoms with Crippen molar-refractivity contribution < 1.29 is 9.13 Å². The molecular formula is C38H45FN6O2. The molecule has 1 aliphatic heterocycles. The van der Waals surface area contributed by atoms with Gasteiger partial charge < -0.3 is 19.9 Å². The number of hydrogen-bond donors (Lipinski definition) is 1. The number of ether oxygens (including phenoxy) is 1. The molecule has 1 unspecified atom stereocenters. The fourth-order valence-corrected chi connectivity index (χ4v) is 8.11. The van der Waals surface area contributed by atoms with Crippen LogP contribution in [-0.2, 0) is 13.0 Å². The molecule has 8 nitrogen and oxygen atoms in total. The van der Waals surface area contributed by atoms with Crippen LogP contribution in [0.1, 0.15) is 39.2 Å². The lowest BCUT2D eigenvalue weighted by atomic mass is 9.45. The van der Waals surface area contributed by atoms with Gasteiger partial charge in [0.2, 0.25) is 0 Å². The molecule has 4 aromatic rings. The third kappa shape index (κ3) is 6.08. The number of piperazine rings is 1. The van der Waals surface area contributed by atoms with E-state index in [-0.39, 0.29) is 11.4 Å². The lowest BCUT2D eigenvalue weighted by Gasteiger charge is -2.62. The third-order valence-corrected chi connectivity index (χ3v) is 11.3. The topological polar surface area (TPSA) is 75.0 Å². The smallest absolute Gasteiger partial charge is 0.261 e. The number of aliphatic imine (C=N–C) groups is 1. The van der Waals surface area contributed by atoms with Crippen molar-refractivity contribution >= 4 is 28.2 Å². The van der Waals surface area contributed by atoms with Crippen LogP contribution in [0.15, 0.2) is 82.8 Å². The lowest BCUT2D eigenvalue weighted by molar-refractivity contribution is -0.112. The van der Waals surface area contributed by atoms with Crippen molar-refractivity contribution in [1.29, 1.82) is 0 Å². The van der Waals surface area contributed by atoms with Crippen LogP contribution in [0, 0.1) is 29.0 Å². The molecule has 9 heteroatoms. The number of methoxy groups -OCH3 is 1. The van der Waals surface area contributed by atoms with Gasteiger partial charge in [-0.05, 0) is 84.4 Å². The molecule has 1 saturated heterocycles. The summed E-state index contributed by atoms with van der Waals surface area (Å²) in [5.74, 6) is 3.06. The maximum atomic E-state index is 14.5. The zero-order valence-corrected chi connectivity index (χ0v) is 27.8. The van der Waals surface area contributed by atoms with Gasteiger partial charge in [-0.25, -0.2) is 14.4 Å². The summed E-state index contributed by atoms with van der Waals surface area (Å²) in [5.41, 5.74) is 3.42. The van der Waals surface area contributed by atoms with E-state index in [0.717, 1.165) is 56.1 Å². The summed E-state index contributed by atoms with van der Waals surface area (Å²) >= 11 is 0. The monoisotopic (exact) mass is 636 g/mol. The van der Waals surface area contributed by atoms with E-state index in [0.29, 0.717) is 52.6 Å². The SMILES string of the molecule is COc1ccc(CCn2cnc3cc(N=C(NC4C[C@H]5C[C@H]([C@H]4C)C5(C)C)N4CCN(c5ccccc5)CC4)ccc3c2=O)c(F)c1. The molecule has 0 spiro atoms. The van der Waals surface area contributed by atoms with E-state index in [1.165, 1.54) is 25.3 Å². The molecule has 47 heavy (non-hydrogen) atoms. The van der Waals surface area contributed by atoms with E-state index in [4.69, 9.17) is 9.73 Å². The van der Waals surface area contributed by atoms with Crippen molar-refractivity contribution in [3.05, 3.63) is 94.8 Å². The van der Waals surface area contributed by atoms with Gasteiger partial charge in [0.15, 0.2) is 5.96 Å². The highest BCUT2D eigenvalue weighted by atomic mass is 19.1. The van der Waals surface area contributed by atoms with Crippen LogP contribution >= 0.6 is 0 Å². The maximum absolute atomic E-state index is 14.5. The Balaban J connectivity index is 1.12. The number of guanidine groups is 1. The molecule has 0 amide bonds. The van der Waals surface area contributed by atoms with Crippen LogP contribution in [0.4, 0.5) is 15.8 Å². The largest absolute Gasteiger partial charge is 0.497 e. The van der Waals surface area contributed by atoms with Crippen LogP contribution in [0.5, 0.6) is 5.75 Å². The number of anilines is 1. The van der Waals surface area contributed by atoms with Crippen molar-refractivity contribution in [1.82, 2.24) is 19.8 Å². The Morgan fingerprint density at radius 2 is 1.83 bits per heavy atom.